The summed E-state index contributed by atoms with van der Waals surface area (Å²) in [5.74, 6) is -0.341. The lowest BCUT2D eigenvalue weighted by Gasteiger charge is -2.17. The molecule has 100 valence electrons. The zero-order valence-corrected chi connectivity index (χ0v) is 11.4. The van der Waals surface area contributed by atoms with E-state index in [9.17, 15) is 4.79 Å². The molecule has 19 heavy (non-hydrogen) atoms. The normalized spacial score (nSPS) is 11.9. The molecule has 0 amide bonds. The summed E-state index contributed by atoms with van der Waals surface area (Å²) in [6.07, 6.45) is 3.45. The molecule has 0 radical (unpaired) electrons. The number of benzene rings is 1. The van der Waals surface area contributed by atoms with Crippen molar-refractivity contribution in [3.05, 3.63) is 41.7 Å². The van der Waals surface area contributed by atoms with Crippen molar-refractivity contribution in [1.29, 1.82) is 0 Å². The Hall–Kier alpha value is -2.01. The number of ether oxygens (including phenoxy) is 1. The predicted octanol–water partition coefficient (Wildman–Crippen LogP) is 2.50. The molecule has 0 saturated heterocycles. The zero-order valence-electron chi connectivity index (χ0n) is 10.6. The van der Waals surface area contributed by atoms with E-state index in [1.54, 1.807) is 36.1 Å². The van der Waals surface area contributed by atoms with Crippen LogP contribution >= 0.6 is 11.6 Å². The molecule has 2 aromatic rings. The molecule has 2 rings (SSSR count). The topological polar surface area (TPSA) is 56.1 Å². The van der Waals surface area contributed by atoms with Gasteiger partial charge in [-0.3, -0.25) is 0 Å². The summed E-state index contributed by atoms with van der Waals surface area (Å²) in [6.45, 7) is 1.72. The van der Waals surface area contributed by atoms with E-state index in [1.165, 1.54) is 7.11 Å². The van der Waals surface area contributed by atoms with Gasteiger partial charge in [0.1, 0.15) is 11.7 Å². The molecule has 0 spiro atoms. The van der Waals surface area contributed by atoms with E-state index in [0.717, 1.165) is 0 Å². The average Bonchev–Trinajstić information content (AvgIpc) is 2.91. The lowest BCUT2D eigenvalue weighted by Crippen LogP contribution is -2.27. The van der Waals surface area contributed by atoms with E-state index in [1.807, 2.05) is 12.1 Å². The second-order valence-electron chi connectivity index (χ2n) is 3.98. The van der Waals surface area contributed by atoms with E-state index in [-0.39, 0.29) is 5.97 Å². The van der Waals surface area contributed by atoms with Crippen LogP contribution in [0.5, 0.6) is 0 Å². The third kappa shape index (κ3) is 2.88. The number of nitrogens with one attached hydrogen (secondary N) is 1. The summed E-state index contributed by atoms with van der Waals surface area (Å²) in [7, 11) is 1.35. The predicted molar refractivity (Wildman–Crippen MR) is 73.7 cm³/mol. The van der Waals surface area contributed by atoms with Crippen molar-refractivity contribution in [2.75, 3.05) is 12.4 Å². The van der Waals surface area contributed by atoms with Gasteiger partial charge in [-0.15, -0.1) is 0 Å². The average molecular weight is 280 g/mol. The highest BCUT2D eigenvalue weighted by molar-refractivity contribution is 6.33. The van der Waals surface area contributed by atoms with Crippen LogP contribution in [0.25, 0.3) is 5.69 Å². The SMILES string of the molecule is COC(=O)C(C)Nc1cccc(Cl)c1-n1cccn1. The van der Waals surface area contributed by atoms with Crippen molar-refractivity contribution in [3.63, 3.8) is 0 Å². The van der Waals surface area contributed by atoms with Crippen LogP contribution < -0.4 is 5.32 Å². The van der Waals surface area contributed by atoms with E-state index in [4.69, 9.17) is 11.6 Å². The molecule has 5 nitrogen and oxygen atoms in total. The Morgan fingerprint density at radius 3 is 2.89 bits per heavy atom. The molecule has 1 unspecified atom stereocenters. The number of halogens is 1. The highest BCUT2D eigenvalue weighted by Crippen LogP contribution is 2.28. The minimum absolute atomic E-state index is 0.341. The van der Waals surface area contributed by atoms with Gasteiger partial charge in [0, 0.05) is 12.4 Å². The Balaban J connectivity index is 2.36. The molecule has 1 N–H and O–H groups in total. The number of rotatable bonds is 4. The Bertz CT molecular complexity index is 569. The number of aromatic nitrogens is 2. The van der Waals surface area contributed by atoms with Crippen molar-refractivity contribution < 1.29 is 9.53 Å². The standard InChI is InChI=1S/C13H14ClN3O2/c1-9(13(18)19-2)16-11-6-3-5-10(14)12(11)17-8-4-7-15-17/h3-9,16H,1-2H3. The van der Waals surface area contributed by atoms with E-state index in [0.29, 0.717) is 16.4 Å². The lowest BCUT2D eigenvalue weighted by molar-refractivity contribution is -0.141. The molecule has 0 aliphatic heterocycles. The van der Waals surface area contributed by atoms with Crippen molar-refractivity contribution in [1.82, 2.24) is 9.78 Å². The molecule has 1 heterocycles. The summed E-state index contributed by atoms with van der Waals surface area (Å²) in [6, 6.07) is 6.74. The van der Waals surface area contributed by atoms with Crippen LogP contribution in [0, 0.1) is 0 Å². The fraction of sp³-hybridized carbons (Fsp3) is 0.231. The number of para-hydroxylation sites is 1. The molecule has 0 saturated carbocycles. The number of methoxy groups -OCH3 is 1. The number of carbonyl (C=O) groups excluding carboxylic acids is 1. The van der Waals surface area contributed by atoms with Gasteiger partial charge < -0.3 is 10.1 Å². The monoisotopic (exact) mass is 279 g/mol. The largest absolute Gasteiger partial charge is 0.467 e. The minimum Gasteiger partial charge on any atom is -0.467 e. The molecule has 0 aliphatic rings. The fourth-order valence-corrected chi connectivity index (χ4v) is 2.00. The maximum Gasteiger partial charge on any atom is 0.327 e. The first-order valence-corrected chi connectivity index (χ1v) is 6.14. The number of esters is 1. The zero-order chi connectivity index (χ0) is 13.8. The van der Waals surface area contributed by atoms with Gasteiger partial charge in [0.05, 0.1) is 17.8 Å². The van der Waals surface area contributed by atoms with Crippen LogP contribution in [0.1, 0.15) is 6.92 Å². The Kier molecular flexibility index (Phi) is 4.06. The van der Waals surface area contributed by atoms with Crippen molar-refractivity contribution in [3.8, 4) is 5.69 Å². The third-order valence-electron chi connectivity index (χ3n) is 2.65. The van der Waals surface area contributed by atoms with Gasteiger partial charge in [-0.25, -0.2) is 9.48 Å². The second-order valence-corrected chi connectivity index (χ2v) is 4.38. The molecular weight excluding hydrogens is 266 g/mol. The Labute approximate surface area is 116 Å². The van der Waals surface area contributed by atoms with Crippen molar-refractivity contribution >= 4 is 23.3 Å². The minimum atomic E-state index is -0.474. The maximum absolute atomic E-state index is 11.5. The first-order valence-electron chi connectivity index (χ1n) is 5.76. The number of carbonyl (C=O) groups is 1. The number of hydrogen-bond donors (Lipinski definition) is 1. The van der Waals surface area contributed by atoms with Crippen LogP contribution in [-0.2, 0) is 9.53 Å². The van der Waals surface area contributed by atoms with Crippen LogP contribution in [0.3, 0.4) is 0 Å². The van der Waals surface area contributed by atoms with Crippen LogP contribution in [-0.4, -0.2) is 28.9 Å². The van der Waals surface area contributed by atoms with E-state index >= 15 is 0 Å². The molecule has 0 aliphatic carbocycles. The Morgan fingerprint density at radius 2 is 2.26 bits per heavy atom. The summed E-state index contributed by atoms with van der Waals surface area (Å²) in [5, 5.41) is 7.77. The van der Waals surface area contributed by atoms with Gasteiger partial charge in [-0.2, -0.15) is 5.10 Å². The molecule has 0 bridgehead atoms. The number of nitrogens with zero attached hydrogens (tertiary/aromatic N) is 2. The number of anilines is 1. The van der Waals surface area contributed by atoms with Crippen LogP contribution in [0.4, 0.5) is 5.69 Å². The van der Waals surface area contributed by atoms with Gasteiger partial charge in [0.15, 0.2) is 0 Å². The Morgan fingerprint density at radius 1 is 1.47 bits per heavy atom. The van der Waals surface area contributed by atoms with Gasteiger partial charge in [0.2, 0.25) is 0 Å². The molecule has 6 heteroatoms. The molecular formula is C13H14ClN3O2. The van der Waals surface area contributed by atoms with Gasteiger partial charge in [-0.1, -0.05) is 17.7 Å². The van der Waals surface area contributed by atoms with Gasteiger partial charge in [0.25, 0.3) is 0 Å². The van der Waals surface area contributed by atoms with Crippen LogP contribution in [0.15, 0.2) is 36.7 Å². The summed E-state index contributed by atoms with van der Waals surface area (Å²) in [5.41, 5.74) is 1.42. The quantitative estimate of drug-likeness (QED) is 0.874. The maximum atomic E-state index is 11.5. The van der Waals surface area contributed by atoms with Gasteiger partial charge >= 0.3 is 5.97 Å². The van der Waals surface area contributed by atoms with Gasteiger partial charge in [-0.05, 0) is 25.1 Å². The van der Waals surface area contributed by atoms with Crippen molar-refractivity contribution in [2.45, 2.75) is 13.0 Å². The summed E-state index contributed by atoms with van der Waals surface area (Å²) < 4.78 is 6.34. The first kappa shape index (κ1) is 13.4. The second kappa shape index (κ2) is 5.75. The molecule has 1 aromatic carbocycles. The lowest BCUT2D eigenvalue weighted by atomic mass is 10.2. The fourth-order valence-electron chi connectivity index (χ4n) is 1.73. The van der Waals surface area contributed by atoms with E-state index in [2.05, 4.69) is 15.2 Å². The summed E-state index contributed by atoms with van der Waals surface area (Å²) >= 11 is 6.20. The van der Waals surface area contributed by atoms with E-state index < -0.39 is 6.04 Å². The van der Waals surface area contributed by atoms with Crippen molar-refractivity contribution in [2.24, 2.45) is 0 Å². The number of hydrogen-bond acceptors (Lipinski definition) is 4. The molecule has 1 atom stereocenters. The third-order valence-corrected chi connectivity index (χ3v) is 2.95. The first-order chi connectivity index (χ1) is 9.13. The molecule has 0 fully saturated rings. The molecule has 1 aromatic heterocycles. The van der Waals surface area contributed by atoms with Crippen LogP contribution in [0.2, 0.25) is 5.02 Å². The summed E-state index contributed by atoms with van der Waals surface area (Å²) in [4.78, 5) is 11.5. The highest BCUT2D eigenvalue weighted by atomic mass is 35.5. The smallest absolute Gasteiger partial charge is 0.327 e. The highest BCUT2D eigenvalue weighted by Gasteiger charge is 2.16.